The van der Waals surface area contributed by atoms with Gasteiger partial charge < -0.3 is 15.9 Å². The Morgan fingerprint density at radius 2 is 2.13 bits per heavy atom. The highest BCUT2D eigenvalue weighted by Crippen LogP contribution is 2.29. The number of nitro benzene ring substituents is 1. The van der Waals surface area contributed by atoms with Crippen LogP contribution in [0.2, 0.25) is 0 Å². The standard InChI is InChI=1S/C8H8N2O5/c9-6-4(7(11)8(12)13)2-1-3-5(6)10(14)15/h1-3,7,11H,9H2,(H,12,13). The van der Waals surface area contributed by atoms with E-state index < -0.39 is 22.7 Å². The summed E-state index contributed by atoms with van der Waals surface area (Å²) in [5.74, 6) is -1.51. The van der Waals surface area contributed by atoms with Crippen LogP contribution in [0.1, 0.15) is 11.7 Å². The normalized spacial score (nSPS) is 12.1. The molecular weight excluding hydrogens is 204 g/mol. The number of para-hydroxylation sites is 1. The molecule has 0 spiro atoms. The highest BCUT2D eigenvalue weighted by atomic mass is 16.6. The first-order valence-corrected chi connectivity index (χ1v) is 3.88. The number of carboxylic acids is 1. The number of aliphatic hydroxyl groups is 1. The van der Waals surface area contributed by atoms with Gasteiger partial charge in [0.2, 0.25) is 0 Å². The quantitative estimate of drug-likeness (QED) is 0.375. The average Bonchev–Trinajstić information content (AvgIpc) is 2.16. The van der Waals surface area contributed by atoms with Crippen LogP contribution in [0.3, 0.4) is 0 Å². The molecule has 0 aliphatic heterocycles. The number of hydrogen-bond acceptors (Lipinski definition) is 5. The molecule has 80 valence electrons. The average molecular weight is 212 g/mol. The maximum Gasteiger partial charge on any atom is 0.337 e. The minimum absolute atomic E-state index is 0.184. The van der Waals surface area contributed by atoms with Gasteiger partial charge in [0.15, 0.2) is 6.10 Å². The van der Waals surface area contributed by atoms with Gasteiger partial charge in [-0.3, -0.25) is 10.1 Å². The number of rotatable bonds is 3. The molecule has 0 aliphatic carbocycles. The fourth-order valence-corrected chi connectivity index (χ4v) is 1.10. The molecule has 0 aromatic heterocycles. The maximum absolute atomic E-state index is 10.5. The van der Waals surface area contributed by atoms with Gasteiger partial charge in [-0.15, -0.1) is 0 Å². The highest BCUT2D eigenvalue weighted by Gasteiger charge is 2.23. The Bertz CT molecular complexity index is 417. The van der Waals surface area contributed by atoms with E-state index in [-0.39, 0.29) is 11.3 Å². The Kier molecular flexibility index (Phi) is 2.86. The second-order valence-corrected chi connectivity index (χ2v) is 2.78. The predicted octanol–water partition coefficient (Wildman–Crippen LogP) is 0.295. The molecule has 7 heteroatoms. The van der Waals surface area contributed by atoms with E-state index in [1.54, 1.807) is 0 Å². The molecule has 0 saturated heterocycles. The molecule has 1 aromatic carbocycles. The summed E-state index contributed by atoms with van der Waals surface area (Å²) < 4.78 is 0. The molecule has 4 N–H and O–H groups in total. The van der Waals surface area contributed by atoms with E-state index in [9.17, 15) is 20.0 Å². The van der Waals surface area contributed by atoms with Gasteiger partial charge in [0.25, 0.3) is 5.69 Å². The van der Waals surface area contributed by atoms with Gasteiger partial charge in [-0.05, 0) is 0 Å². The van der Waals surface area contributed by atoms with Crippen molar-refractivity contribution in [1.82, 2.24) is 0 Å². The summed E-state index contributed by atoms with van der Waals surface area (Å²) in [5.41, 5.74) is 4.42. The van der Waals surface area contributed by atoms with Crippen molar-refractivity contribution in [2.75, 3.05) is 5.73 Å². The number of nitrogens with zero attached hydrogens (tertiary/aromatic N) is 1. The van der Waals surface area contributed by atoms with Crippen molar-refractivity contribution in [1.29, 1.82) is 0 Å². The van der Waals surface area contributed by atoms with E-state index in [1.807, 2.05) is 0 Å². The molecule has 0 amide bonds. The van der Waals surface area contributed by atoms with Gasteiger partial charge in [-0.2, -0.15) is 0 Å². The molecule has 0 radical (unpaired) electrons. The monoisotopic (exact) mass is 212 g/mol. The molecule has 0 saturated carbocycles. The summed E-state index contributed by atoms with van der Waals surface area (Å²) in [7, 11) is 0. The van der Waals surface area contributed by atoms with E-state index in [1.165, 1.54) is 12.1 Å². The van der Waals surface area contributed by atoms with Crippen LogP contribution in [0.25, 0.3) is 0 Å². The summed E-state index contributed by atoms with van der Waals surface area (Å²) in [5, 5.41) is 28.2. The smallest absolute Gasteiger partial charge is 0.337 e. The van der Waals surface area contributed by atoms with Crippen LogP contribution in [0, 0.1) is 10.1 Å². The van der Waals surface area contributed by atoms with Gasteiger partial charge in [0, 0.05) is 11.6 Å². The third-order valence-corrected chi connectivity index (χ3v) is 1.84. The lowest BCUT2D eigenvalue weighted by Gasteiger charge is -2.08. The maximum atomic E-state index is 10.5. The Morgan fingerprint density at radius 3 is 2.60 bits per heavy atom. The lowest BCUT2D eigenvalue weighted by molar-refractivity contribution is -0.384. The largest absolute Gasteiger partial charge is 0.479 e. The van der Waals surface area contributed by atoms with Crippen LogP contribution in [0.5, 0.6) is 0 Å². The third-order valence-electron chi connectivity index (χ3n) is 1.84. The summed E-state index contributed by atoms with van der Waals surface area (Å²) in [6.07, 6.45) is -1.86. The van der Waals surface area contributed by atoms with Gasteiger partial charge in [-0.1, -0.05) is 12.1 Å². The number of carboxylic acid groups (broad SMARTS) is 1. The van der Waals surface area contributed by atoms with E-state index in [0.717, 1.165) is 6.07 Å². The van der Waals surface area contributed by atoms with E-state index >= 15 is 0 Å². The third kappa shape index (κ3) is 2.02. The highest BCUT2D eigenvalue weighted by molar-refractivity contribution is 5.78. The molecule has 1 unspecified atom stereocenters. The van der Waals surface area contributed by atoms with Gasteiger partial charge >= 0.3 is 5.97 Å². The number of aliphatic carboxylic acids is 1. The topological polar surface area (TPSA) is 127 Å². The van der Waals surface area contributed by atoms with Gasteiger partial charge in [0.1, 0.15) is 5.69 Å². The van der Waals surface area contributed by atoms with Crippen LogP contribution in [0.4, 0.5) is 11.4 Å². The van der Waals surface area contributed by atoms with Gasteiger partial charge in [0.05, 0.1) is 4.92 Å². The van der Waals surface area contributed by atoms with E-state index in [2.05, 4.69) is 0 Å². The van der Waals surface area contributed by atoms with Crippen LogP contribution in [-0.2, 0) is 4.79 Å². The Morgan fingerprint density at radius 1 is 1.53 bits per heavy atom. The Hall–Kier alpha value is -2.15. The van der Waals surface area contributed by atoms with Crippen molar-refractivity contribution in [3.63, 3.8) is 0 Å². The van der Waals surface area contributed by atoms with Crippen molar-refractivity contribution >= 4 is 17.3 Å². The number of nitro groups is 1. The van der Waals surface area contributed by atoms with Crippen molar-refractivity contribution in [3.8, 4) is 0 Å². The number of hydrogen-bond donors (Lipinski definition) is 3. The number of anilines is 1. The van der Waals surface area contributed by atoms with Crippen molar-refractivity contribution in [2.45, 2.75) is 6.10 Å². The number of carbonyl (C=O) groups is 1. The number of benzene rings is 1. The van der Waals surface area contributed by atoms with Crippen LogP contribution in [-0.4, -0.2) is 21.1 Å². The molecule has 1 rings (SSSR count). The molecule has 15 heavy (non-hydrogen) atoms. The molecule has 1 aromatic rings. The fraction of sp³-hybridized carbons (Fsp3) is 0.125. The molecule has 0 heterocycles. The molecule has 0 bridgehead atoms. The molecular formula is C8H8N2O5. The fourth-order valence-electron chi connectivity index (χ4n) is 1.10. The summed E-state index contributed by atoms with van der Waals surface area (Å²) in [6.45, 7) is 0. The Balaban J connectivity index is 3.26. The number of nitrogens with two attached hydrogens (primary N) is 1. The predicted molar refractivity (Wildman–Crippen MR) is 50.1 cm³/mol. The first kappa shape index (κ1) is 10.9. The van der Waals surface area contributed by atoms with E-state index in [4.69, 9.17) is 10.8 Å². The summed E-state index contributed by atoms with van der Waals surface area (Å²) >= 11 is 0. The summed E-state index contributed by atoms with van der Waals surface area (Å²) in [6, 6.07) is 3.62. The van der Waals surface area contributed by atoms with Gasteiger partial charge in [-0.25, -0.2) is 4.79 Å². The second kappa shape index (κ2) is 3.93. The first-order valence-electron chi connectivity index (χ1n) is 3.88. The molecule has 0 aliphatic rings. The second-order valence-electron chi connectivity index (χ2n) is 2.78. The SMILES string of the molecule is Nc1c(C(O)C(=O)O)cccc1[N+](=O)[O-]. The van der Waals surface area contributed by atoms with E-state index in [0.29, 0.717) is 0 Å². The Labute approximate surface area is 83.9 Å². The van der Waals surface area contributed by atoms with Crippen LogP contribution >= 0.6 is 0 Å². The molecule has 7 nitrogen and oxygen atoms in total. The zero-order chi connectivity index (χ0) is 11.6. The van der Waals surface area contributed by atoms with Crippen LogP contribution < -0.4 is 5.73 Å². The lowest BCUT2D eigenvalue weighted by atomic mass is 10.1. The summed E-state index contributed by atoms with van der Waals surface area (Å²) in [4.78, 5) is 20.2. The molecule has 0 fully saturated rings. The first-order chi connectivity index (χ1) is 6.95. The minimum atomic E-state index is -1.86. The minimum Gasteiger partial charge on any atom is -0.479 e. The van der Waals surface area contributed by atoms with Crippen molar-refractivity contribution < 1.29 is 19.9 Å². The van der Waals surface area contributed by atoms with Crippen molar-refractivity contribution in [3.05, 3.63) is 33.9 Å². The number of aliphatic hydroxyl groups excluding tert-OH is 1. The zero-order valence-corrected chi connectivity index (χ0v) is 7.45. The zero-order valence-electron chi connectivity index (χ0n) is 7.45. The van der Waals surface area contributed by atoms with Crippen molar-refractivity contribution in [2.24, 2.45) is 0 Å². The van der Waals surface area contributed by atoms with Crippen LogP contribution in [0.15, 0.2) is 18.2 Å². The lowest BCUT2D eigenvalue weighted by Crippen LogP contribution is -2.13. The number of nitrogen functional groups attached to an aromatic ring is 1. The molecule has 1 atom stereocenters.